The molecule has 0 bridgehead atoms. The summed E-state index contributed by atoms with van der Waals surface area (Å²) in [6.07, 6.45) is 0. The Bertz CT molecular complexity index is 614. The van der Waals surface area contributed by atoms with Crippen molar-refractivity contribution in [2.24, 2.45) is 0 Å². The molecule has 0 amide bonds. The van der Waals surface area contributed by atoms with Gasteiger partial charge in [-0.15, -0.1) is 0 Å². The summed E-state index contributed by atoms with van der Waals surface area (Å²) in [5, 5.41) is 0.790. The minimum absolute atomic E-state index is 0.170. The van der Waals surface area contributed by atoms with Crippen molar-refractivity contribution in [1.82, 2.24) is 0 Å². The molecule has 5 heteroatoms. The Labute approximate surface area is 103 Å². The number of ether oxygens (including phenoxy) is 2. The van der Waals surface area contributed by atoms with Gasteiger partial charge in [-0.1, -0.05) is 0 Å². The first-order valence-electron chi connectivity index (χ1n) is 5.51. The van der Waals surface area contributed by atoms with Gasteiger partial charge in [0.25, 0.3) is 0 Å². The lowest BCUT2D eigenvalue weighted by Gasteiger charge is -2.06. The monoisotopic (exact) mass is 248 g/mol. The zero-order valence-electron chi connectivity index (χ0n) is 9.84. The number of hydrogen-bond acceptors (Lipinski definition) is 5. The summed E-state index contributed by atoms with van der Waals surface area (Å²) in [4.78, 5) is 22.2. The second-order valence-electron chi connectivity index (χ2n) is 3.55. The fourth-order valence-electron chi connectivity index (χ4n) is 1.48. The van der Waals surface area contributed by atoms with Crippen molar-refractivity contribution in [3.05, 3.63) is 40.8 Å². The predicted octanol–water partition coefficient (Wildman–Crippen LogP) is 1.73. The van der Waals surface area contributed by atoms with Crippen molar-refractivity contribution in [2.75, 3.05) is 13.2 Å². The van der Waals surface area contributed by atoms with Crippen LogP contribution in [-0.4, -0.2) is 19.2 Å². The summed E-state index contributed by atoms with van der Waals surface area (Å²) in [5.41, 5.74) is -0.00565. The summed E-state index contributed by atoms with van der Waals surface area (Å²) in [5.74, 6) is 0.0111. The molecule has 0 N–H and O–H groups in total. The number of esters is 1. The van der Waals surface area contributed by atoms with Crippen molar-refractivity contribution in [3.8, 4) is 5.75 Å². The third kappa shape index (κ3) is 2.88. The second kappa shape index (κ2) is 5.35. The molecule has 0 spiro atoms. The van der Waals surface area contributed by atoms with Gasteiger partial charge >= 0.3 is 11.6 Å². The number of fused-ring (bicyclic) bond motifs is 1. The largest absolute Gasteiger partial charge is 0.482 e. The van der Waals surface area contributed by atoms with Crippen LogP contribution in [0.4, 0.5) is 0 Å². The molecule has 0 saturated heterocycles. The molecule has 0 aliphatic rings. The van der Waals surface area contributed by atoms with Crippen LogP contribution in [0.3, 0.4) is 0 Å². The number of carbonyl (C=O) groups is 1. The zero-order valence-corrected chi connectivity index (χ0v) is 9.84. The van der Waals surface area contributed by atoms with E-state index >= 15 is 0 Å². The maximum atomic E-state index is 11.1. The molecule has 94 valence electrons. The quantitative estimate of drug-likeness (QED) is 0.609. The van der Waals surface area contributed by atoms with E-state index in [0.717, 1.165) is 5.39 Å². The van der Waals surface area contributed by atoms with E-state index in [0.29, 0.717) is 17.9 Å². The average molecular weight is 248 g/mol. The van der Waals surface area contributed by atoms with Gasteiger partial charge in [-0.2, -0.15) is 0 Å². The maximum absolute atomic E-state index is 11.1. The molecule has 0 atom stereocenters. The highest BCUT2D eigenvalue weighted by Crippen LogP contribution is 2.19. The van der Waals surface area contributed by atoms with Gasteiger partial charge in [0.1, 0.15) is 11.3 Å². The predicted molar refractivity (Wildman–Crippen MR) is 64.6 cm³/mol. The number of hydrogen-bond donors (Lipinski definition) is 0. The van der Waals surface area contributed by atoms with Crippen molar-refractivity contribution >= 4 is 16.9 Å². The Morgan fingerprint density at radius 1 is 1.28 bits per heavy atom. The van der Waals surface area contributed by atoms with E-state index in [-0.39, 0.29) is 6.61 Å². The van der Waals surface area contributed by atoms with Crippen LogP contribution in [0.5, 0.6) is 5.75 Å². The van der Waals surface area contributed by atoms with Crippen LogP contribution in [0.25, 0.3) is 11.0 Å². The molecular formula is C13H12O5. The Morgan fingerprint density at radius 3 is 2.83 bits per heavy atom. The zero-order chi connectivity index (χ0) is 13.0. The highest BCUT2D eigenvalue weighted by atomic mass is 16.6. The van der Waals surface area contributed by atoms with Crippen LogP contribution in [0.15, 0.2) is 39.5 Å². The molecule has 0 saturated carbocycles. The molecular weight excluding hydrogens is 236 g/mol. The first kappa shape index (κ1) is 12.2. The average Bonchev–Trinajstić information content (AvgIpc) is 2.36. The summed E-state index contributed by atoms with van der Waals surface area (Å²) >= 11 is 0. The van der Waals surface area contributed by atoms with Gasteiger partial charge in [-0.25, -0.2) is 9.59 Å². The van der Waals surface area contributed by atoms with E-state index in [1.54, 1.807) is 31.2 Å². The van der Waals surface area contributed by atoms with E-state index < -0.39 is 11.6 Å². The highest BCUT2D eigenvalue weighted by Gasteiger charge is 2.04. The van der Waals surface area contributed by atoms with Crippen LogP contribution in [0.2, 0.25) is 0 Å². The SMILES string of the molecule is CCOC(=O)COc1ccc2ccc(=O)oc2c1. The topological polar surface area (TPSA) is 65.7 Å². The minimum atomic E-state index is -0.438. The molecule has 18 heavy (non-hydrogen) atoms. The summed E-state index contributed by atoms with van der Waals surface area (Å²) < 4.78 is 15.0. The van der Waals surface area contributed by atoms with Crippen LogP contribution in [-0.2, 0) is 9.53 Å². The molecule has 0 aliphatic heterocycles. The Kier molecular flexibility index (Phi) is 3.62. The molecule has 5 nitrogen and oxygen atoms in total. The van der Waals surface area contributed by atoms with Crippen LogP contribution >= 0.6 is 0 Å². The van der Waals surface area contributed by atoms with Crippen molar-refractivity contribution in [3.63, 3.8) is 0 Å². The Hall–Kier alpha value is -2.30. The molecule has 0 unspecified atom stereocenters. The first-order valence-corrected chi connectivity index (χ1v) is 5.51. The van der Waals surface area contributed by atoms with Gasteiger partial charge in [-0.3, -0.25) is 0 Å². The minimum Gasteiger partial charge on any atom is -0.482 e. The van der Waals surface area contributed by atoms with E-state index in [2.05, 4.69) is 0 Å². The van der Waals surface area contributed by atoms with Gasteiger partial charge in [0.15, 0.2) is 6.61 Å². The first-order chi connectivity index (χ1) is 8.69. The molecule has 0 radical (unpaired) electrons. The molecule has 0 fully saturated rings. The Morgan fingerprint density at radius 2 is 2.06 bits per heavy atom. The van der Waals surface area contributed by atoms with Crippen molar-refractivity contribution in [1.29, 1.82) is 0 Å². The number of rotatable bonds is 4. The van der Waals surface area contributed by atoms with E-state index in [9.17, 15) is 9.59 Å². The number of benzene rings is 1. The van der Waals surface area contributed by atoms with Gasteiger partial charge in [0, 0.05) is 17.5 Å². The molecule has 0 aliphatic carbocycles. The highest BCUT2D eigenvalue weighted by molar-refractivity contribution is 5.78. The standard InChI is InChI=1S/C13H12O5/c1-2-16-13(15)8-17-10-5-3-9-4-6-12(14)18-11(9)7-10/h3-7H,2,8H2,1H3. The summed E-state index contributed by atoms with van der Waals surface area (Å²) in [6, 6.07) is 8.02. The molecule has 2 rings (SSSR count). The fraction of sp³-hybridized carbons (Fsp3) is 0.231. The van der Waals surface area contributed by atoms with Gasteiger partial charge < -0.3 is 13.9 Å². The second-order valence-corrected chi connectivity index (χ2v) is 3.55. The van der Waals surface area contributed by atoms with E-state index in [1.165, 1.54) is 6.07 Å². The maximum Gasteiger partial charge on any atom is 0.344 e. The van der Waals surface area contributed by atoms with Crippen LogP contribution in [0.1, 0.15) is 6.92 Å². The lowest BCUT2D eigenvalue weighted by Crippen LogP contribution is -2.14. The van der Waals surface area contributed by atoms with E-state index in [4.69, 9.17) is 13.9 Å². The molecule has 1 heterocycles. The van der Waals surface area contributed by atoms with Crippen LogP contribution < -0.4 is 10.4 Å². The molecule has 1 aromatic carbocycles. The van der Waals surface area contributed by atoms with Crippen molar-refractivity contribution < 1.29 is 18.7 Å². The van der Waals surface area contributed by atoms with E-state index in [1.807, 2.05) is 0 Å². The third-order valence-corrected chi connectivity index (χ3v) is 2.26. The summed E-state index contributed by atoms with van der Waals surface area (Å²) in [7, 11) is 0. The smallest absolute Gasteiger partial charge is 0.344 e. The van der Waals surface area contributed by atoms with Crippen molar-refractivity contribution in [2.45, 2.75) is 6.92 Å². The normalized spacial score (nSPS) is 10.3. The van der Waals surface area contributed by atoms with Crippen LogP contribution in [0, 0.1) is 0 Å². The number of carbonyl (C=O) groups excluding carboxylic acids is 1. The lowest BCUT2D eigenvalue weighted by molar-refractivity contribution is -0.145. The van der Waals surface area contributed by atoms with Gasteiger partial charge in [0.2, 0.25) is 0 Å². The molecule has 2 aromatic rings. The lowest BCUT2D eigenvalue weighted by atomic mass is 10.2. The van der Waals surface area contributed by atoms with Gasteiger partial charge in [-0.05, 0) is 25.1 Å². The third-order valence-electron chi connectivity index (χ3n) is 2.26. The molecule has 1 aromatic heterocycles. The Balaban J connectivity index is 2.14. The van der Waals surface area contributed by atoms with Gasteiger partial charge in [0.05, 0.1) is 6.61 Å². The fourth-order valence-corrected chi connectivity index (χ4v) is 1.48. The summed E-state index contributed by atoms with van der Waals surface area (Å²) in [6.45, 7) is 1.87.